The van der Waals surface area contributed by atoms with Gasteiger partial charge in [-0.2, -0.15) is 0 Å². The van der Waals surface area contributed by atoms with Crippen LogP contribution in [0.4, 0.5) is 0 Å². The number of nitrogens with one attached hydrogen (secondary N) is 1. The van der Waals surface area contributed by atoms with Crippen molar-refractivity contribution in [1.82, 2.24) is 5.32 Å². The summed E-state index contributed by atoms with van der Waals surface area (Å²) in [5.41, 5.74) is 0. The van der Waals surface area contributed by atoms with Crippen molar-refractivity contribution in [3.8, 4) is 5.75 Å². The fourth-order valence-corrected chi connectivity index (χ4v) is 1.86. The molecule has 0 aromatic heterocycles. The normalized spacial score (nSPS) is 14.6. The first-order valence-electron chi connectivity index (χ1n) is 5.42. The standard InChI is InChI=1S/C12H14INO2/c13-9-2-1-3-11(8-9)16-7-6-12(15)14-10-4-5-10/h1-3,8,10H,4-7H2,(H,14,15). The Balaban J connectivity index is 1.68. The number of benzene rings is 1. The molecule has 0 aliphatic heterocycles. The number of rotatable bonds is 5. The minimum absolute atomic E-state index is 0.0909. The molecule has 3 nitrogen and oxygen atoms in total. The summed E-state index contributed by atoms with van der Waals surface area (Å²) in [7, 11) is 0. The Labute approximate surface area is 109 Å². The number of hydrogen-bond acceptors (Lipinski definition) is 2. The van der Waals surface area contributed by atoms with Crippen LogP contribution in [0.2, 0.25) is 0 Å². The maximum Gasteiger partial charge on any atom is 0.223 e. The van der Waals surface area contributed by atoms with E-state index in [4.69, 9.17) is 4.74 Å². The van der Waals surface area contributed by atoms with Crippen molar-refractivity contribution >= 4 is 28.5 Å². The first kappa shape index (κ1) is 11.7. The minimum Gasteiger partial charge on any atom is -0.493 e. The quantitative estimate of drug-likeness (QED) is 0.841. The molecular formula is C12H14INO2. The number of carbonyl (C=O) groups is 1. The molecule has 0 atom stereocenters. The molecule has 86 valence electrons. The Morgan fingerprint density at radius 2 is 2.31 bits per heavy atom. The average Bonchev–Trinajstić information content (AvgIpc) is 3.02. The molecule has 0 saturated heterocycles. The fourth-order valence-electron chi connectivity index (χ4n) is 1.35. The van der Waals surface area contributed by atoms with E-state index in [0.717, 1.165) is 22.2 Å². The summed E-state index contributed by atoms with van der Waals surface area (Å²) >= 11 is 2.24. The lowest BCUT2D eigenvalue weighted by atomic mass is 10.3. The van der Waals surface area contributed by atoms with E-state index in [1.165, 1.54) is 0 Å². The molecule has 1 saturated carbocycles. The average molecular weight is 331 g/mol. The van der Waals surface area contributed by atoms with Crippen LogP contribution in [0.25, 0.3) is 0 Å². The van der Waals surface area contributed by atoms with Crippen LogP contribution in [0.3, 0.4) is 0 Å². The van der Waals surface area contributed by atoms with Crippen molar-refractivity contribution in [2.24, 2.45) is 0 Å². The third kappa shape index (κ3) is 4.00. The molecule has 0 radical (unpaired) electrons. The highest BCUT2D eigenvalue weighted by Gasteiger charge is 2.22. The number of ether oxygens (including phenoxy) is 1. The lowest BCUT2D eigenvalue weighted by Gasteiger charge is -2.06. The molecule has 1 N–H and O–H groups in total. The highest BCUT2D eigenvalue weighted by atomic mass is 127. The van der Waals surface area contributed by atoms with Crippen LogP contribution >= 0.6 is 22.6 Å². The summed E-state index contributed by atoms with van der Waals surface area (Å²) in [6.07, 6.45) is 2.69. The van der Waals surface area contributed by atoms with E-state index < -0.39 is 0 Å². The molecule has 1 aliphatic rings. The van der Waals surface area contributed by atoms with Crippen molar-refractivity contribution in [1.29, 1.82) is 0 Å². The fraction of sp³-hybridized carbons (Fsp3) is 0.417. The zero-order chi connectivity index (χ0) is 11.4. The van der Waals surface area contributed by atoms with Crippen molar-refractivity contribution < 1.29 is 9.53 Å². The van der Waals surface area contributed by atoms with Crippen LogP contribution in [0.15, 0.2) is 24.3 Å². The lowest BCUT2D eigenvalue weighted by Crippen LogP contribution is -2.26. The molecule has 1 fully saturated rings. The molecular weight excluding hydrogens is 317 g/mol. The van der Waals surface area contributed by atoms with Crippen LogP contribution in [-0.2, 0) is 4.79 Å². The molecule has 0 unspecified atom stereocenters. The van der Waals surface area contributed by atoms with Gasteiger partial charge in [0.05, 0.1) is 13.0 Å². The zero-order valence-corrected chi connectivity index (χ0v) is 11.1. The van der Waals surface area contributed by atoms with Gasteiger partial charge in [0, 0.05) is 9.61 Å². The van der Waals surface area contributed by atoms with Gasteiger partial charge in [0.25, 0.3) is 0 Å². The Hall–Kier alpha value is -0.780. The second-order valence-electron chi connectivity index (χ2n) is 3.90. The van der Waals surface area contributed by atoms with Gasteiger partial charge >= 0.3 is 0 Å². The van der Waals surface area contributed by atoms with Gasteiger partial charge in [0.2, 0.25) is 5.91 Å². The monoisotopic (exact) mass is 331 g/mol. The maximum absolute atomic E-state index is 11.4. The van der Waals surface area contributed by atoms with Gasteiger partial charge in [-0.15, -0.1) is 0 Å². The van der Waals surface area contributed by atoms with E-state index in [9.17, 15) is 4.79 Å². The third-order valence-corrected chi connectivity index (χ3v) is 3.01. The van der Waals surface area contributed by atoms with Gasteiger partial charge in [0.1, 0.15) is 5.75 Å². The summed E-state index contributed by atoms with van der Waals surface area (Å²) in [4.78, 5) is 11.4. The molecule has 1 amide bonds. The van der Waals surface area contributed by atoms with Crippen LogP contribution in [-0.4, -0.2) is 18.6 Å². The second kappa shape index (κ2) is 5.52. The molecule has 1 aliphatic carbocycles. The van der Waals surface area contributed by atoms with Gasteiger partial charge in [-0.1, -0.05) is 6.07 Å². The van der Waals surface area contributed by atoms with Crippen LogP contribution in [0.5, 0.6) is 5.75 Å². The topological polar surface area (TPSA) is 38.3 Å². The van der Waals surface area contributed by atoms with Gasteiger partial charge < -0.3 is 10.1 Å². The van der Waals surface area contributed by atoms with Gasteiger partial charge in [-0.25, -0.2) is 0 Å². The molecule has 0 heterocycles. The van der Waals surface area contributed by atoms with Crippen LogP contribution in [0, 0.1) is 3.57 Å². The summed E-state index contributed by atoms with van der Waals surface area (Å²) in [6, 6.07) is 8.25. The second-order valence-corrected chi connectivity index (χ2v) is 5.14. The van der Waals surface area contributed by atoms with Crippen molar-refractivity contribution in [2.75, 3.05) is 6.61 Å². The van der Waals surface area contributed by atoms with Gasteiger partial charge in [-0.3, -0.25) is 4.79 Å². The van der Waals surface area contributed by atoms with Crippen molar-refractivity contribution in [3.05, 3.63) is 27.8 Å². The third-order valence-electron chi connectivity index (χ3n) is 2.34. The summed E-state index contributed by atoms with van der Waals surface area (Å²) in [6.45, 7) is 0.443. The first-order chi connectivity index (χ1) is 7.74. The number of amides is 1. The number of carbonyl (C=O) groups excluding carboxylic acids is 1. The Kier molecular flexibility index (Phi) is 4.04. The van der Waals surface area contributed by atoms with E-state index in [1.807, 2.05) is 24.3 Å². The van der Waals surface area contributed by atoms with Crippen molar-refractivity contribution in [3.63, 3.8) is 0 Å². The Morgan fingerprint density at radius 1 is 1.50 bits per heavy atom. The van der Waals surface area contributed by atoms with Crippen molar-refractivity contribution in [2.45, 2.75) is 25.3 Å². The largest absolute Gasteiger partial charge is 0.493 e. The molecule has 1 aromatic carbocycles. The predicted octanol–water partition coefficient (Wildman–Crippen LogP) is 2.34. The molecule has 1 aromatic rings. The van der Waals surface area contributed by atoms with E-state index in [-0.39, 0.29) is 5.91 Å². The van der Waals surface area contributed by atoms with Crippen LogP contribution < -0.4 is 10.1 Å². The van der Waals surface area contributed by atoms with E-state index >= 15 is 0 Å². The summed E-state index contributed by atoms with van der Waals surface area (Å²) in [5.74, 6) is 0.916. The van der Waals surface area contributed by atoms with Gasteiger partial charge in [0.15, 0.2) is 0 Å². The smallest absolute Gasteiger partial charge is 0.223 e. The van der Waals surface area contributed by atoms with E-state index in [2.05, 4.69) is 27.9 Å². The summed E-state index contributed by atoms with van der Waals surface area (Å²) in [5, 5.41) is 2.93. The minimum atomic E-state index is 0.0909. The SMILES string of the molecule is O=C(CCOc1cccc(I)c1)NC1CC1. The highest BCUT2D eigenvalue weighted by molar-refractivity contribution is 14.1. The summed E-state index contributed by atoms with van der Waals surface area (Å²) < 4.78 is 6.63. The zero-order valence-electron chi connectivity index (χ0n) is 8.91. The van der Waals surface area contributed by atoms with Crippen LogP contribution in [0.1, 0.15) is 19.3 Å². The van der Waals surface area contributed by atoms with E-state index in [0.29, 0.717) is 19.1 Å². The highest BCUT2D eigenvalue weighted by Crippen LogP contribution is 2.18. The Bertz CT molecular complexity index is 377. The first-order valence-corrected chi connectivity index (χ1v) is 6.49. The van der Waals surface area contributed by atoms with E-state index in [1.54, 1.807) is 0 Å². The molecule has 0 bridgehead atoms. The molecule has 2 rings (SSSR count). The number of hydrogen-bond donors (Lipinski definition) is 1. The van der Waals surface area contributed by atoms with Gasteiger partial charge in [-0.05, 0) is 53.6 Å². The molecule has 16 heavy (non-hydrogen) atoms. The lowest BCUT2D eigenvalue weighted by molar-refractivity contribution is -0.121. The Morgan fingerprint density at radius 3 is 3.00 bits per heavy atom. The maximum atomic E-state index is 11.4. The predicted molar refractivity (Wildman–Crippen MR) is 70.4 cm³/mol. The molecule has 0 spiro atoms. The number of halogens is 1. The molecule has 4 heteroatoms.